The van der Waals surface area contributed by atoms with Crippen LogP contribution in [-0.2, 0) is 18.9 Å². The summed E-state index contributed by atoms with van der Waals surface area (Å²) in [4.78, 5) is 0. The zero-order valence-corrected chi connectivity index (χ0v) is 19.5. The lowest BCUT2D eigenvalue weighted by Gasteiger charge is -2.48. The van der Waals surface area contributed by atoms with Gasteiger partial charge in [0.1, 0.15) is 47.9 Å². The van der Waals surface area contributed by atoms with Gasteiger partial charge in [-0.1, -0.05) is 0 Å². The molecule has 1 saturated carbocycles. The summed E-state index contributed by atoms with van der Waals surface area (Å²) in [5.41, 5.74) is 3.80. The highest BCUT2D eigenvalue weighted by atomic mass is 19.2. The van der Waals surface area contributed by atoms with Gasteiger partial charge in [-0.2, -0.15) is 16.6 Å². The lowest BCUT2D eigenvalue weighted by atomic mass is 9.84. The van der Waals surface area contributed by atoms with Crippen molar-refractivity contribution in [1.82, 2.24) is 27.3 Å². The van der Waals surface area contributed by atoms with Crippen LogP contribution in [0.1, 0.15) is 19.8 Å². The molecule has 3 rings (SSSR count). The highest BCUT2D eigenvalue weighted by Crippen LogP contribution is 2.34. The molecule has 2 fully saturated rings. The van der Waals surface area contributed by atoms with Gasteiger partial charge < -0.3 is 34.3 Å². The first-order valence-electron chi connectivity index (χ1n) is 11.2. The first-order valence-corrected chi connectivity index (χ1v) is 11.2. The number of nitrogens with zero attached hydrogens (tertiary/aromatic N) is 1. The maximum Gasteiger partial charge on any atom is 0.218 e. The van der Waals surface area contributed by atoms with Crippen molar-refractivity contribution in [2.45, 2.75) is 86.5 Å². The van der Waals surface area contributed by atoms with E-state index in [1.807, 2.05) is 0 Å². The van der Waals surface area contributed by atoms with Crippen molar-refractivity contribution in [3.63, 3.8) is 0 Å². The number of ether oxygens (including phenoxy) is 4. The third-order valence-corrected chi connectivity index (χ3v) is 6.58. The smallest absolute Gasteiger partial charge is 0.218 e. The van der Waals surface area contributed by atoms with Crippen LogP contribution in [0.4, 0.5) is 22.4 Å². The van der Waals surface area contributed by atoms with E-state index in [-0.39, 0.29) is 30.3 Å². The predicted octanol–water partition coefficient (Wildman–Crippen LogP) is -1.19. The highest BCUT2D eigenvalue weighted by Gasteiger charge is 2.53. The molecule has 0 aromatic carbocycles. The Labute approximate surface area is 203 Å². The van der Waals surface area contributed by atoms with Crippen molar-refractivity contribution in [3.8, 4) is 0 Å². The molecule has 0 amide bonds. The standard InChI is InChI=1S/C19H32F5N5O7/c1-19(32)7-33-18(13(31)16(19)29(2)24)36-15-11(28-23)5-10(27-22)14(12(15)30)35-17-9(26-21)4-3-8(34-17)6-25-20/h3,9-18,25-28,30-32H,4-7H2,1-2H3. The molecule has 2 aliphatic heterocycles. The average molecular weight is 537 g/mol. The molecule has 0 aromatic rings. The second-order valence-electron chi connectivity index (χ2n) is 9.27. The minimum absolute atomic E-state index is 0.00345. The van der Waals surface area contributed by atoms with E-state index in [1.54, 1.807) is 0 Å². The molecule has 7 N–H and O–H groups in total. The van der Waals surface area contributed by atoms with E-state index in [4.69, 9.17) is 18.9 Å². The predicted molar refractivity (Wildman–Crippen MR) is 110 cm³/mol. The van der Waals surface area contributed by atoms with Crippen molar-refractivity contribution >= 4 is 0 Å². The Bertz CT molecular complexity index is 745. The molecule has 0 spiro atoms. The largest absolute Gasteiger partial charge is 0.466 e. The SMILES string of the molecule is CN(F)C1C(O)C(OC2C(NF)CC(NF)C(OC3OC(CNF)=CCC3NF)C2O)OCC1(C)O. The monoisotopic (exact) mass is 537 g/mol. The van der Waals surface area contributed by atoms with Crippen molar-refractivity contribution in [1.29, 1.82) is 0 Å². The third kappa shape index (κ3) is 6.24. The van der Waals surface area contributed by atoms with Crippen LogP contribution in [-0.4, -0.2) is 107 Å². The molecule has 0 bridgehead atoms. The number of aliphatic hydroxyl groups is 3. The van der Waals surface area contributed by atoms with E-state index in [2.05, 4.69) is 0 Å². The molecule has 36 heavy (non-hydrogen) atoms. The number of rotatable bonds is 10. The minimum atomic E-state index is -1.82. The molecule has 1 aliphatic carbocycles. The number of likely N-dealkylation sites (N-methyl/N-ethyl adjacent to an activating group) is 1. The van der Waals surface area contributed by atoms with Crippen LogP contribution >= 0.6 is 0 Å². The lowest BCUT2D eigenvalue weighted by Crippen LogP contribution is -2.68. The first-order chi connectivity index (χ1) is 17.1. The Morgan fingerprint density at radius 3 is 2.14 bits per heavy atom. The van der Waals surface area contributed by atoms with Crippen LogP contribution in [0.25, 0.3) is 0 Å². The van der Waals surface area contributed by atoms with E-state index in [1.165, 1.54) is 35.2 Å². The van der Waals surface area contributed by atoms with E-state index in [0.717, 1.165) is 7.05 Å². The van der Waals surface area contributed by atoms with Crippen molar-refractivity contribution in [2.75, 3.05) is 20.2 Å². The zero-order valence-electron chi connectivity index (χ0n) is 19.5. The summed E-state index contributed by atoms with van der Waals surface area (Å²) in [6.45, 7) is 0.397. The number of aliphatic hydroxyl groups excluding tert-OH is 2. The van der Waals surface area contributed by atoms with Crippen molar-refractivity contribution < 1.29 is 56.7 Å². The maximum atomic E-state index is 14.0. The topological polar surface area (TPSA) is 149 Å². The van der Waals surface area contributed by atoms with Gasteiger partial charge in [-0.05, 0) is 25.8 Å². The molecule has 17 heteroatoms. The summed E-state index contributed by atoms with van der Waals surface area (Å²) >= 11 is 0. The van der Waals surface area contributed by atoms with Gasteiger partial charge in [0.25, 0.3) is 0 Å². The zero-order chi connectivity index (χ0) is 26.6. The molecular formula is C19H32F5N5O7. The van der Waals surface area contributed by atoms with Crippen molar-refractivity contribution in [2.24, 2.45) is 0 Å². The number of halogens is 5. The fourth-order valence-electron chi connectivity index (χ4n) is 4.79. The Morgan fingerprint density at radius 1 is 1.03 bits per heavy atom. The molecule has 3 aliphatic rings. The van der Waals surface area contributed by atoms with Gasteiger partial charge >= 0.3 is 0 Å². The van der Waals surface area contributed by atoms with Gasteiger partial charge in [-0.3, -0.25) is 0 Å². The fourth-order valence-corrected chi connectivity index (χ4v) is 4.79. The summed E-state index contributed by atoms with van der Waals surface area (Å²) in [7, 11) is 0.966. The second kappa shape index (κ2) is 12.5. The van der Waals surface area contributed by atoms with Gasteiger partial charge in [0, 0.05) is 7.05 Å². The second-order valence-corrected chi connectivity index (χ2v) is 9.27. The van der Waals surface area contributed by atoms with Gasteiger partial charge in [0.05, 0.1) is 25.2 Å². The molecule has 210 valence electrons. The van der Waals surface area contributed by atoms with Gasteiger partial charge in [-0.25, -0.2) is 0 Å². The van der Waals surface area contributed by atoms with E-state index >= 15 is 0 Å². The number of hydrogen-bond donors (Lipinski definition) is 7. The average Bonchev–Trinajstić information content (AvgIpc) is 2.83. The molecule has 11 unspecified atom stereocenters. The van der Waals surface area contributed by atoms with Crippen LogP contribution < -0.4 is 22.2 Å². The summed E-state index contributed by atoms with van der Waals surface area (Å²) in [5.74, 6) is 0.0623. The first kappa shape index (κ1) is 29.3. The number of nitrogens with one attached hydrogen (secondary N) is 4. The van der Waals surface area contributed by atoms with Gasteiger partial charge in [-0.15, -0.1) is 33.1 Å². The van der Waals surface area contributed by atoms with Crippen LogP contribution in [0.15, 0.2) is 11.8 Å². The Kier molecular flexibility index (Phi) is 10.2. The maximum absolute atomic E-state index is 14.0. The lowest BCUT2D eigenvalue weighted by molar-refractivity contribution is -0.324. The number of hydrogen-bond acceptors (Lipinski definition) is 12. The molecule has 11 atom stereocenters. The fraction of sp³-hybridized carbons (Fsp3) is 0.895. The molecular weight excluding hydrogens is 505 g/mol. The van der Waals surface area contributed by atoms with Crippen LogP contribution in [0.3, 0.4) is 0 Å². The van der Waals surface area contributed by atoms with Gasteiger partial charge in [0.15, 0.2) is 6.29 Å². The summed E-state index contributed by atoms with van der Waals surface area (Å²) in [6.07, 6.45) is -8.73. The van der Waals surface area contributed by atoms with Crippen LogP contribution in [0.5, 0.6) is 0 Å². The van der Waals surface area contributed by atoms with Crippen LogP contribution in [0.2, 0.25) is 0 Å². The molecule has 12 nitrogen and oxygen atoms in total. The Hall–Kier alpha value is -1.25. The quantitative estimate of drug-likeness (QED) is 0.133. The Balaban J connectivity index is 1.79. The molecule has 1 saturated heterocycles. The summed E-state index contributed by atoms with van der Waals surface area (Å²) < 4.78 is 89.1. The van der Waals surface area contributed by atoms with Crippen molar-refractivity contribution in [3.05, 3.63) is 11.8 Å². The minimum Gasteiger partial charge on any atom is -0.466 e. The molecule has 0 aromatic heterocycles. The Morgan fingerprint density at radius 2 is 1.61 bits per heavy atom. The van der Waals surface area contributed by atoms with E-state index < -0.39 is 73.4 Å². The highest BCUT2D eigenvalue weighted by molar-refractivity contribution is 5.05. The van der Waals surface area contributed by atoms with E-state index in [0.29, 0.717) is 0 Å². The van der Waals surface area contributed by atoms with E-state index in [9.17, 15) is 37.7 Å². The molecule has 0 radical (unpaired) electrons. The summed E-state index contributed by atoms with van der Waals surface area (Å²) in [5, 5.41) is 32.0. The normalized spacial score (nSPS) is 43.8. The molecule has 2 heterocycles. The van der Waals surface area contributed by atoms with Crippen LogP contribution in [0, 0.1) is 0 Å². The third-order valence-electron chi connectivity index (χ3n) is 6.58. The van der Waals surface area contributed by atoms with Gasteiger partial charge in [0.2, 0.25) is 6.29 Å². The summed E-state index contributed by atoms with van der Waals surface area (Å²) in [6, 6.07) is -5.30.